The van der Waals surface area contributed by atoms with E-state index in [-0.39, 0.29) is 11.2 Å². The number of oxazole rings is 1. The lowest BCUT2D eigenvalue weighted by Crippen LogP contribution is -2.44. The van der Waals surface area contributed by atoms with Crippen molar-refractivity contribution in [2.75, 3.05) is 13.1 Å². The van der Waals surface area contributed by atoms with Crippen LogP contribution in [0, 0.1) is 5.92 Å². The molecule has 2 atom stereocenters. The zero-order valence-electron chi connectivity index (χ0n) is 13.5. The molecule has 1 aliphatic carbocycles. The zero-order chi connectivity index (χ0) is 16.3. The monoisotopic (exact) mass is 325 g/mol. The van der Waals surface area contributed by atoms with Crippen LogP contribution in [-0.2, 0) is 19.0 Å². The van der Waals surface area contributed by atoms with Gasteiger partial charge in [-0.3, -0.25) is 4.57 Å². The van der Waals surface area contributed by atoms with Crippen LogP contribution in [0.2, 0.25) is 0 Å². The Kier molecular flexibility index (Phi) is 2.79. The molecule has 1 aliphatic heterocycles. The number of hydrogen-bond donors (Lipinski definition) is 1. The predicted molar refractivity (Wildman–Crippen MR) is 87.9 cm³/mol. The Morgan fingerprint density at radius 1 is 1.46 bits per heavy atom. The first-order chi connectivity index (χ1) is 11.7. The second kappa shape index (κ2) is 4.80. The molecule has 24 heavy (non-hydrogen) atoms. The molecule has 2 fully saturated rings. The molecular formula is C17H19N5O2. The van der Waals surface area contributed by atoms with Gasteiger partial charge in [0.2, 0.25) is 0 Å². The van der Waals surface area contributed by atoms with Crippen LogP contribution < -0.4 is 11.1 Å². The number of benzene rings is 1. The third-order valence-electron chi connectivity index (χ3n) is 5.80. The van der Waals surface area contributed by atoms with Gasteiger partial charge in [-0.25, -0.2) is 9.48 Å². The summed E-state index contributed by atoms with van der Waals surface area (Å²) in [5, 5.41) is 12.3. The van der Waals surface area contributed by atoms with Gasteiger partial charge in [-0.15, -0.1) is 5.10 Å². The van der Waals surface area contributed by atoms with Gasteiger partial charge in [-0.2, -0.15) is 0 Å². The molecule has 3 aromatic rings. The Morgan fingerprint density at radius 2 is 2.38 bits per heavy atom. The number of nitrogens with one attached hydrogen (secondary N) is 1. The van der Waals surface area contributed by atoms with E-state index in [1.54, 1.807) is 7.05 Å². The van der Waals surface area contributed by atoms with Crippen molar-refractivity contribution < 1.29 is 4.42 Å². The average molecular weight is 325 g/mol. The van der Waals surface area contributed by atoms with E-state index < -0.39 is 0 Å². The third-order valence-corrected chi connectivity index (χ3v) is 5.80. The lowest BCUT2D eigenvalue weighted by atomic mass is 9.60. The van der Waals surface area contributed by atoms with Crippen LogP contribution in [0.5, 0.6) is 0 Å². The maximum atomic E-state index is 11.6. The molecule has 3 heterocycles. The molecule has 2 aliphatic rings. The van der Waals surface area contributed by atoms with Crippen molar-refractivity contribution in [3.63, 3.8) is 0 Å². The number of rotatable bonds is 3. The number of hydrogen-bond acceptors (Lipinski definition) is 5. The minimum absolute atomic E-state index is 0.205. The van der Waals surface area contributed by atoms with Crippen molar-refractivity contribution in [2.24, 2.45) is 13.0 Å². The lowest BCUT2D eigenvalue weighted by molar-refractivity contribution is 0.176. The van der Waals surface area contributed by atoms with E-state index in [9.17, 15) is 4.79 Å². The smallest absolute Gasteiger partial charge is 0.408 e. The Morgan fingerprint density at radius 3 is 3.17 bits per heavy atom. The quantitative estimate of drug-likeness (QED) is 0.778. The molecule has 1 N–H and O–H groups in total. The lowest BCUT2D eigenvalue weighted by Gasteiger charge is -2.42. The topological polar surface area (TPSA) is 77.9 Å². The molecule has 0 amide bonds. The SMILES string of the molecule is Cn1c(=O)oc2ccc(Cn3cc([C@]45CC[C@H]4CNC5)nn3)cc21. The van der Waals surface area contributed by atoms with Crippen LogP contribution in [0.15, 0.2) is 33.6 Å². The number of nitrogens with zero attached hydrogens (tertiary/aromatic N) is 4. The molecular weight excluding hydrogens is 306 g/mol. The van der Waals surface area contributed by atoms with Gasteiger partial charge < -0.3 is 9.73 Å². The van der Waals surface area contributed by atoms with Gasteiger partial charge >= 0.3 is 5.76 Å². The first-order valence-corrected chi connectivity index (χ1v) is 8.35. The van der Waals surface area contributed by atoms with Crippen molar-refractivity contribution in [3.05, 3.63) is 46.2 Å². The van der Waals surface area contributed by atoms with Crippen molar-refractivity contribution in [1.29, 1.82) is 0 Å². The van der Waals surface area contributed by atoms with Gasteiger partial charge in [0.05, 0.1) is 17.8 Å². The minimum atomic E-state index is -0.339. The van der Waals surface area contributed by atoms with Crippen LogP contribution in [0.1, 0.15) is 24.1 Å². The molecule has 1 saturated heterocycles. The van der Waals surface area contributed by atoms with E-state index in [0.29, 0.717) is 18.0 Å². The van der Waals surface area contributed by atoms with Crippen molar-refractivity contribution >= 4 is 11.1 Å². The van der Waals surface area contributed by atoms with Crippen LogP contribution in [-0.4, -0.2) is 32.7 Å². The fraction of sp³-hybridized carbons (Fsp3) is 0.471. The first-order valence-electron chi connectivity index (χ1n) is 8.35. The first kappa shape index (κ1) is 14.0. The Labute approximate surface area is 138 Å². The highest BCUT2D eigenvalue weighted by Crippen LogP contribution is 2.50. The molecule has 0 spiro atoms. The van der Waals surface area contributed by atoms with E-state index in [2.05, 4.69) is 21.8 Å². The second-order valence-electron chi connectivity index (χ2n) is 7.05. The van der Waals surface area contributed by atoms with Crippen LogP contribution >= 0.6 is 0 Å². The Bertz CT molecular complexity index is 984. The van der Waals surface area contributed by atoms with E-state index in [4.69, 9.17) is 4.42 Å². The fourth-order valence-corrected chi connectivity index (χ4v) is 4.19. The number of aromatic nitrogens is 4. The Balaban J connectivity index is 1.44. The second-order valence-corrected chi connectivity index (χ2v) is 7.05. The fourth-order valence-electron chi connectivity index (χ4n) is 4.19. The van der Waals surface area contributed by atoms with Crippen molar-refractivity contribution in [1.82, 2.24) is 24.9 Å². The molecule has 2 aromatic heterocycles. The van der Waals surface area contributed by atoms with Crippen molar-refractivity contribution in [2.45, 2.75) is 24.8 Å². The third kappa shape index (κ3) is 1.84. The normalized spacial score (nSPS) is 25.8. The predicted octanol–water partition coefficient (Wildman–Crippen LogP) is 1.02. The molecule has 0 bridgehead atoms. The van der Waals surface area contributed by atoms with E-state index >= 15 is 0 Å². The van der Waals surface area contributed by atoms with E-state index in [1.807, 2.05) is 22.9 Å². The maximum Gasteiger partial charge on any atom is 0.419 e. The zero-order valence-corrected chi connectivity index (χ0v) is 13.5. The highest BCUT2D eigenvalue weighted by Gasteiger charge is 2.52. The highest BCUT2D eigenvalue weighted by molar-refractivity contribution is 5.73. The summed E-state index contributed by atoms with van der Waals surface area (Å²) in [6.45, 7) is 2.74. The summed E-state index contributed by atoms with van der Waals surface area (Å²) in [6, 6.07) is 5.78. The highest BCUT2D eigenvalue weighted by atomic mass is 16.4. The summed E-state index contributed by atoms with van der Waals surface area (Å²) in [4.78, 5) is 11.6. The minimum Gasteiger partial charge on any atom is -0.408 e. The molecule has 124 valence electrons. The van der Waals surface area contributed by atoms with Gasteiger partial charge in [0.1, 0.15) is 0 Å². The maximum absolute atomic E-state index is 11.6. The number of fused-ring (bicyclic) bond motifs is 2. The molecule has 5 rings (SSSR count). The summed E-state index contributed by atoms with van der Waals surface area (Å²) < 4.78 is 8.58. The number of aryl methyl sites for hydroxylation is 1. The molecule has 1 aromatic carbocycles. The van der Waals surface area contributed by atoms with Gasteiger partial charge in [0.15, 0.2) is 5.58 Å². The Hall–Kier alpha value is -2.41. The molecule has 7 heteroatoms. The summed E-state index contributed by atoms with van der Waals surface area (Å²) in [7, 11) is 1.72. The summed E-state index contributed by atoms with van der Waals surface area (Å²) >= 11 is 0. The van der Waals surface area contributed by atoms with Gasteiger partial charge in [0, 0.05) is 25.2 Å². The molecule has 1 saturated carbocycles. The molecule has 7 nitrogen and oxygen atoms in total. The van der Waals surface area contributed by atoms with Crippen LogP contribution in [0.4, 0.5) is 0 Å². The van der Waals surface area contributed by atoms with Gasteiger partial charge in [-0.05, 0) is 43.0 Å². The standard InChI is InChI=1S/C17H19N5O2/c1-21-13-6-11(2-3-14(13)24-16(21)23)8-22-9-15(19-20-22)17-5-4-12(17)7-18-10-17/h2-3,6,9,12,18H,4-5,7-8,10H2,1H3/t12-,17-/m0/s1. The summed E-state index contributed by atoms with van der Waals surface area (Å²) in [6.07, 6.45) is 4.56. The summed E-state index contributed by atoms with van der Waals surface area (Å²) in [5.41, 5.74) is 3.80. The van der Waals surface area contributed by atoms with E-state index in [0.717, 1.165) is 29.9 Å². The van der Waals surface area contributed by atoms with Crippen molar-refractivity contribution in [3.8, 4) is 0 Å². The van der Waals surface area contributed by atoms with Crippen LogP contribution in [0.25, 0.3) is 11.1 Å². The summed E-state index contributed by atoms with van der Waals surface area (Å²) in [5.74, 6) is 0.369. The van der Waals surface area contributed by atoms with Gasteiger partial charge in [-0.1, -0.05) is 11.3 Å². The molecule has 0 unspecified atom stereocenters. The average Bonchev–Trinajstić information content (AvgIpc) is 3.20. The largest absolute Gasteiger partial charge is 0.419 e. The van der Waals surface area contributed by atoms with E-state index in [1.165, 1.54) is 17.4 Å². The molecule has 0 radical (unpaired) electrons. The van der Waals surface area contributed by atoms with Gasteiger partial charge in [0.25, 0.3) is 0 Å². The van der Waals surface area contributed by atoms with Crippen LogP contribution in [0.3, 0.4) is 0 Å².